The summed E-state index contributed by atoms with van der Waals surface area (Å²) in [4.78, 5) is 24.4. The lowest BCUT2D eigenvalue weighted by atomic mass is 9.95. The van der Waals surface area contributed by atoms with Crippen molar-refractivity contribution in [1.82, 2.24) is 16.1 Å². The summed E-state index contributed by atoms with van der Waals surface area (Å²) in [5, 5.41) is 20.2. The molecule has 2 atom stereocenters. The van der Waals surface area contributed by atoms with E-state index in [1.165, 1.54) is 13.3 Å². The summed E-state index contributed by atoms with van der Waals surface area (Å²) in [6.45, 7) is 3.61. The second-order valence-electron chi connectivity index (χ2n) is 7.56. The maximum absolute atomic E-state index is 12.3. The summed E-state index contributed by atoms with van der Waals surface area (Å²) in [6, 6.07) is 8.89. The van der Waals surface area contributed by atoms with Crippen molar-refractivity contribution in [1.29, 1.82) is 0 Å². The molecule has 0 aliphatic carbocycles. The van der Waals surface area contributed by atoms with E-state index < -0.39 is 24.3 Å². The summed E-state index contributed by atoms with van der Waals surface area (Å²) in [5.41, 5.74) is 4.37. The molecule has 1 heterocycles. The van der Waals surface area contributed by atoms with Crippen molar-refractivity contribution < 1.29 is 28.9 Å². The van der Waals surface area contributed by atoms with Crippen molar-refractivity contribution >= 4 is 41.4 Å². The van der Waals surface area contributed by atoms with E-state index in [0.29, 0.717) is 45.0 Å². The predicted molar refractivity (Wildman–Crippen MR) is 135 cm³/mol. The molecule has 0 bridgehead atoms. The zero-order valence-electron chi connectivity index (χ0n) is 19.8. The van der Waals surface area contributed by atoms with Crippen LogP contribution in [0.4, 0.5) is 4.79 Å². The Morgan fingerprint density at radius 1 is 1.25 bits per heavy atom. The third-order valence-corrected chi connectivity index (χ3v) is 5.91. The van der Waals surface area contributed by atoms with Crippen LogP contribution in [0.5, 0.6) is 11.5 Å². The molecule has 12 heteroatoms. The average Bonchev–Trinajstić information content (AvgIpc) is 2.85. The molecule has 3 rings (SSSR count). The highest BCUT2D eigenvalue weighted by atomic mass is 35.5. The smallest absolute Gasteiger partial charge is 0.337 e. The molecular weight excluding hydrogens is 511 g/mol. The van der Waals surface area contributed by atoms with Crippen LogP contribution in [-0.4, -0.2) is 49.9 Å². The Kier molecular flexibility index (Phi) is 9.40. The maximum Gasteiger partial charge on any atom is 0.337 e. The van der Waals surface area contributed by atoms with Gasteiger partial charge in [0.1, 0.15) is 6.61 Å². The third kappa shape index (κ3) is 6.60. The van der Waals surface area contributed by atoms with Crippen LogP contribution in [0.1, 0.15) is 31.0 Å². The Morgan fingerprint density at radius 2 is 2.03 bits per heavy atom. The monoisotopic (exact) mass is 536 g/mol. The number of aliphatic hydroxyl groups is 1. The van der Waals surface area contributed by atoms with Gasteiger partial charge in [0.15, 0.2) is 17.7 Å². The highest BCUT2D eigenvalue weighted by molar-refractivity contribution is 6.43. The maximum atomic E-state index is 12.3. The van der Waals surface area contributed by atoms with Crippen LogP contribution in [-0.2, 0) is 9.53 Å². The molecule has 192 valence electrons. The molecule has 4 N–H and O–H groups in total. The Morgan fingerprint density at radius 3 is 2.75 bits per heavy atom. The number of urea groups is 1. The van der Waals surface area contributed by atoms with Gasteiger partial charge in [-0.05, 0) is 37.6 Å². The number of hydrogen-bond donors (Lipinski definition) is 4. The minimum Gasteiger partial charge on any atom is -0.490 e. The Bertz CT molecular complexity index is 1190. The number of carbonyl (C=O) groups is 2. The summed E-state index contributed by atoms with van der Waals surface area (Å²) < 4.78 is 16.3. The number of rotatable bonds is 10. The summed E-state index contributed by atoms with van der Waals surface area (Å²) >= 11 is 12.1. The first-order valence-electron chi connectivity index (χ1n) is 10.9. The average molecular weight is 537 g/mol. The number of halogens is 2. The minimum atomic E-state index is -1.14. The molecule has 1 aliphatic heterocycles. The molecule has 1 aliphatic rings. The molecular formula is C24H26Cl2N4O6. The molecule has 2 amide bonds. The SMILES string of the molecule is CCOc1cc([C@@H]2NC(=O)NC(C)=C2C(=O)OC)ccc1OC[C@H](O)N/N=C/c1cccc(Cl)c1Cl. The van der Waals surface area contributed by atoms with E-state index in [9.17, 15) is 14.7 Å². The molecule has 0 saturated carbocycles. The lowest BCUT2D eigenvalue weighted by Gasteiger charge is -2.28. The molecule has 36 heavy (non-hydrogen) atoms. The Labute approximate surface area is 218 Å². The van der Waals surface area contributed by atoms with Crippen molar-refractivity contribution in [3.05, 3.63) is 68.8 Å². The van der Waals surface area contributed by atoms with Gasteiger partial charge < -0.3 is 30.0 Å². The van der Waals surface area contributed by atoms with E-state index in [1.807, 2.05) is 0 Å². The lowest BCUT2D eigenvalue weighted by Crippen LogP contribution is -2.45. The second-order valence-corrected chi connectivity index (χ2v) is 8.34. The van der Waals surface area contributed by atoms with Gasteiger partial charge >= 0.3 is 12.0 Å². The van der Waals surface area contributed by atoms with E-state index in [1.54, 1.807) is 50.2 Å². The second kappa shape index (κ2) is 12.5. The topological polar surface area (TPSA) is 131 Å². The number of hydrogen-bond acceptors (Lipinski definition) is 8. The molecule has 0 fully saturated rings. The lowest BCUT2D eigenvalue weighted by molar-refractivity contribution is -0.136. The Balaban J connectivity index is 1.72. The number of amides is 2. The van der Waals surface area contributed by atoms with E-state index >= 15 is 0 Å². The summed E-state index contributed by atoms with van der Waals surface area (Å²) in [7, 11) is 1.27. The molecule has 2 aromatic rings. The first-order chi connectivity index (χ1) is 17.2. The van der Waals surface area contributed by atoms with Crippen molar-refractivity contribution in [2.24, 2.45) is 5.10 Å². The predicted octanol–water partition coefficient (Wildman–Crippen LogP) is 3.51. The van der Waals surface area contributed by atoms with Gasteiger partial charge in [-0.3, -0.25) is 5.43 Å². The van der Waals surface area contributed by atoms with Crippen LogP contribution < -0.4 is 25.5 Å². The normalized spacial score (nSPS) is 16.3. The van der Waals surface area contributed by atoms with Gasteiger partial charge in [0.25, 0.3) is 0 Å². The molecule has 0 unspecified atom stereocenters. The van der Waals surface area contributed by atoms with Crippen LogP contribution >= 0.6 is 23.2 Å². The number of carbonyl (C=O) groups excluding carboxylic acids is 2. The molecule has 10 nitrogen and oxygen atoms in total. The van der Waals surface area contributed by atoms with Crippen LogP contribution in [0.25, 0.3) is 0 Å². The fraction of sp³-hybridized carbons (Fsp3) is 0.292. The molecule has 0 saturated heterocycles. The highest BCUT2D eigenvalue weighted by Gasteiger charge is 2.32. The number of benzene rings is 2. The number of allylic oxidation sites excluding steroid dienone is 1. The number of esters is 1. The number of ether oxygens (including phenoxy) is 3. The van der Waals surface area contributed by atoms with Gasteiger partial charge in [-0.15, -0.1) is 0 Å². The van der Waals surface area contributed by atoms with E-state index in [0.717, 1.165) is 0 Å². The fourth-order valence-electron chi connectivity index (χ4n) is 3.44. The zero-order valence-corrected chi connectivity index (χ0v) is 21.3. The van der Waals surface area contributed by atoms with Gasteiger partial charge in [0.2, 0.25) is 0 Å². The fourth-order valence-corrected chi connectivity index (χ4v) is 3.79. The molecule has 2 aromatic carbocycles. The first kappa shape index (κ1) is 27.1. The van der Waals surface area contributed by atoms with Crippen molar-refractivity contribution in [2.45, 2.75) is 26.1 Å². The van der Waals surface area contributed by atoms with Gasteiger partial charge in [0.05, 0.1) is 41.6 Å². The van der Waals surface area contributed by atoms with Crippen molar-refractivity contribution in [2.75, 3.05) is 20.3 Å². The number of aliphatic hydroxyl groups excluding tert-OH is 1. The standard InChI is InChI=1S/C24H26Cl2N4O6/c1-4-35-18-10-14(22-20(23(32)34-3)13(2)28-24(33)29-22)8-9-17(18)36-12-19(31)30-27-11-15-6-5-7-16(25)21(15)26/h5-11,19,22,30-31H,4,12H2,1-3H3,(H2,28,29,33)/b27-11+/t19-,22-/m0/s1. The Hall–Kier alpha value is -3.47. The van der Waals surface area contributed by atoms with Gasteiger partial charge in [-0.1, -0.05) is 41.4 Å². The molecule has 0 radical (unpaired) electrons. The third-order valence-electron chi connectivity index (χ3n) is 5.08. The van der Waals surface area contributed by atoms with Gasteiger partial charge in [-0.2, -0.15) is 5.10 Å². The number of methoxy groups -OCH3 is 1. The van der Waals surface area contributed by atoms with Crippen LogP contribution in [0.3, 0.4) is 0 Å². The largest absolute Gasteiger partial charge is 0.490 e. The van der Waals surface area contributed by atoms with Crippen molar-refractivity contribution in [3.63, 3.8) is 0 Å². The van der Waals surface area contributed by atoms with E-state index in [2.05, 4.69) is 21.2 Å². The summed E-state index contributed by atoms with van der Waals surface area (Å²) in [5.74, 6) is 0.145. The first-order valence-corrected chi connectivity index (χ1v) is 11.7. The van der Waals surface area contributed by atoms with E-state index in [-0.39, 0.29) is 12.2 Å². The number of hydrazone groups is 1. The summed E-state index contributed by atoms with van der Waals surface area (Å²) in [6.07, 6.45) is 0.285. The molecule has 0 aromatic heterocycles. The zero-order chi connectivity index (χ0) is 26.2. The van der Waals surface area contributed by atoms with Gasteiger partial charge in [-0.25, -0.2) is 9.59 Å². The minimum absolute atomic E-state index is 0.156. The van der Waals surface area contributed by atoms with Crippen LogP contribution in [0.2, 0.25) is 10.0 Å². The van der Waals surface area contributed by atoms with Gasteiger partial charge in [0, 0.05) is 11.3 Å². The number of nitrogens with one attached hydrogen (secondary N) is 3. The quantitative estimate of drug-likeness (QED) is 0.158. The van der Waals surface area contributed by atoms with Crippen LogP contribution in [0, 0.1) is 0 Å². The van der Waals surface area contributed by atoms with E-state index in [4.69, 9.17) is 37.4 Å². The van der Waals surface area contributed by atoms with Crippen molar-refractivity contribution in [3.8, 4) is 11.5 Å². The molecule has 0 spiro atoms. The van der Waals surface area contributed by atoms with Crippen LogP contribution in [0.15, 0.2) is 52.8 Å². The number of nitrogens with zero attached hydrogens (tertiary/aromatic N) is 1. The highest BCUT2D eigenvalue weighted by Crippen LogP contribution is 2.35.